The average Bonchev–Trinajstić information content (AvgIpc) is 3.22. The number of carbonyl (C=O) groups is 2. The number of nitrogens with zero attached hydrogens (tertiary/aromatic N) is 2. The number of benzene rings is 1. The van der Waals surface area contributed by atoms with Gasteiger partial charge in [-0.1, -0.05) is 42.2 Å². The molecule has 2 fully saturated rings. The lowest BCUT2D eigenvalue weighted by Crippen LogP contribution is -2.34. The van der Waals surface area contributed by atoms with Crippen LogP contribution < -0.4 is 4.74 Å². The maximum absolute atomic E-state index is 12.6. The quantitative estimate of drug-likeness (QED) is 0.570. The highest BCUT2D eigenvalue weighted by Gasteiger charge is 2.33. The largest absolute Gasteiger partial charge is 0.483 e. The van der Waals surface area contributed by atoms with Crippen LogP contribution in [0.3, 0.4) is 0 Å². The Kier molecular flexibility index (Phi) is 5.98. The summed E-state index contributed by atoms with van der Waals surface area (Å²) in [5, 5.41) is 0. The van der Waals surface area contributed by atoms with Gasteiger partial charge < -0.3 is 9.64 Å². The third-order valence-electron chi connectivity index (χ3n) is 4.36. The van der Waals surface area contributed by atoms with Crippen LogP contribution in [0.1, 0.15) is 32.3 Å². The van der Waals surface area contributed by atoms with Crippen LogP contribution in [0.25, 0.3) is 6.08 Å². The highest BCUT2D eigenvalue weighted by Crippen LogP contribution is 2.35. The van der Waals surface area contributed by atoms with Crippen molar-refractivity contribution in [2.45, 2.75) is 32.7 Å². The van der Waals surface area contributed by atoms with Gasteiger partial charge in [0, 0.05) is 24.7 Å². The minimum atomic E-state index is -0.0852. The molecular formula is C19H22N2O3S2. The zero-order valence-electron chi connectivity index (χ0n) is 14.9. The molecule has 138 valence electrons. The molecule has 1 aromatic carbocycles. The van der Waals surface area contributed by atoms with E-state index in [1.54, 1.807) is 11.0 Å². The van der Waals surface area contributed by atoms with Gasteiger partial charge in [0.1, 0.15) is 10.1 Å². The molecule has 0 aliphatic carbocycles. The molecule has 0 spiro atoms. The van der Waals surface area contributed by atoms with Crippen LogP contribution >= 0.6 is 24.0 Å². The van der Waals surface area contributed by atoms with Crippen LogP contribution in [0.5, 0.6) is 5.75 Å². The van der Waals surface area contributed by atoms with Crippen LogP contribution in [0.2, 0.25) is 0 Å². The topological polar surface area (TPSA) is 49.9 Å². The van der Waals surface area contributed by atoms with Gasteiger partial charge in [-0.25, -0.2) is 0 Å². The molecule has 0 atom stereocenters. The lowest BCUT2D eigenvalue weighted by Gasteiger charge is -2.18. The Morgan fingerprint density at radius 1 is 1.31 bits per heavy atom. The van der Waals surface area contributed by atoms with Gasteiger partial charge in [-0.3, -0.25) is 14.5 Å². The van der Waals surface area contributed by atoms with Gasteiger partial charge in [0.2, 0.25) is 0 Å². The van der Waals surface area contributed by atoms with Crippen molar-refractivity contribution in [3.05, 3.63) is 34.7 Å². The molecule has 26 heavy (non-hydrogen) atoms. The number of hydrogen-bond acceptors (Lipinski definition) is 5. The lowest BCUT2D eigenvalue weighted by atomic mass is 10.2. The Morgan fingerprint density at radius 2 is 2.00 bits per heavy atom. The summed E-state index contributed by atoms with van der Waals surface area (Å²) in [4.78, 5) is 28.8. The van der Waals surface area contributed by atoms with E-state index >= 15 is 0 Å². The lowest BCUT2D eigenvalue weighted by molar-refractivity contribution is -0.132. The van der Waals surface area contributed by atoms with Crippen LogP contribution in [0.15, 0.2) is 29.2 Å². The minimum absolute atomic E-state index is 0.00318. The van der Waals surface area contributed by atoms with Crippen LogP contribution in [-0.2, 0) is 9.59 Å². The maximum atomic E-state index is 12.6. The molecule has 2 aliphatic heterocycles. The van der Waals surface area contributed by atoms with Crippen molar-refractivity contribution in [2.75, 3.05) is 19.7 Å². The predicted octanol–water partition coefficient (Wildman–Crippen LogP) is 3.30. The Labute approximate surface area is 163 Å². The Hall–Kier alpha value is -1.86. The molecule has 0 saturated carbocycles. The van der Waals surface area contributed by atoms with Crippen molar-refractivity contribution in [3.8, 4) is 5.75 Å². The van der Waals surface area contributed by atoms with Crippen LogP contribution in [-0.4, -0.2) is 51.7 Å². The highest BCUT2D eigenvalue weighted by molar-refractivity contribution is 8.26. The first-order valence-corrected chi connectivity index (χ1v) is 9.96. The maximum Gasteiger partial charge on any atom is 0.266 e. The molecule has 0 bridgehead atoms. The van der Waals surface area contributed by atoms with Gasteiger partial charge >= 0.3 is 0 Å². The Balaban J connectivity index is 1.74. The van der Waals surface area contributed by atoms with Crippen LogP contribution in [0.4, 0.5) is 0 Å². The molecule has 0 aromatic heterocycles. The highest BCUT2D eigenvalue weighted by atomic mass is 32.2. The third-order valence-corrected chi connectivity index (χ3v) is 5.69. The van der Waals surface area contributed by atoms with Crippen molar-refractivity contribution in [1.29, 1.82) is 0 Å². The van der Waals surface area contributed by atoms with Crippen molar-refractivity contribution in [1.82, 2.24) is 9.80 Å². The normalized spacial score (nSPS) is 19.1. The molecule has 0 unspecified atom stereocenters. The molecule has 2 heterocycles. The second-order valence-electron chi connectivity index (χ2n) is 6.56. The molecule has 2 amide bonds. The number of amides is 2. The molecule has 0 N–H and O–H groups in total. The van der Waals surface area contributed by atoms with E-state index in [1.807, 2.05) is 43.0 Å². The zero-order valence-corrected chi connectivity index (χ0v) is 16.6. The van der Waals surface area contributed by atoms with E-state index in [2.05, 4.69) is 0 Å². The molecule has 2 saturated heterocycles. The van der Waals surface area contributed by atoms with Crippen LogP contribution in [0, 0.1) is 0 Å². The summed E-state index contributed by atoms with van der Waals surface area (Å²) in [6, 6.07) is 7.44. The summed E-state index contributed by atoms with van der Waals surface area (Å²) in [7, 11) is 0. The summed E-state index contributed by atoms with van der Waals surface area (Å²) < 4.78 is 6.32. The summed E-state index contributed by atoms with van der Waals surface area (Å²) in [6.07, 6.45) is 3.90. The van der Waals surface area contributed by atoms with Crippen molar-refractivity contribution in [3.63, 3.8) is 0 Å². The molecular weight excluding hydrogens is 368 g/mol. The summed E-state index contributed by atoms with van der Waals surface area (Å²) in [5.74, 6) is 0.510. The second kappa shape index (κ2) is 8.22. The first kappa shape index (κ1) is 18.9. The summed E-state index contributed by atoms with van der Waals surface area (Å²) in [6.45, 7) is 5.50. The number of carbonyl (C=O) groups excluding carboxylic acids is 2. The van der Waals surface area contributed by atoms with Gasteiger partial charge in [-0.15, -0.1) is 0 Å². The number of ether oxygens (including phenoxy) is 1. The van der Waals surface area contributed by atoms with Crippen molar-refractivity contribution >= 4 is 46.2 Å². The summed E-state index contributed by atoms with van der Waals surface area (Å²) >= 11 is 6.61. The fraction of sp³-hybridized carbons (Fsp3) is 0.421. The van der Waals surface area contributed by atoms with E-state index in [9.17, 15) is 9.59 Å². The zero-order chi connectivity index (χ0) is 18.7. The van der Waals surface area contributed by atoms with Gasteiger partial charge in [0.05, 0.1) is 4.91 Å². The SMILES string of the molecule is CC(C)N1C(=O)/C(=C/c2ccccc2OCC(=O)N2CCCC2)SC1=S. The van der Waals surface area contributed by atoms with Gasteiger partial charge in [-0.2, -0.15) is 0 Å². The Morgan fingerprint density at radius 3 is 2.65 bits per heavy atom. The number of para-hydroxylation sites is 1. The smallest absolute Gasteiger partial charge is 0.266 e. The fourth-order valence-electron chi connectivity index (χ4n) is 2.99. The number of hydrogen-bond donors (Lipinski definition) is 0. The van der Waals surface area contributed by atoms with Gasteiger partial charge in [0.25, 0.3) is 11.8 Å². The summed E-state index contributed by atoms with van der Waals surface area (Å²) in [5.41, 5.74) is 0.769. The molecule has 7 heteroatoms. The number of thiocarbonyl (C=S) groups is 1. The second-order valence-corrected chi connectivity index (χ2v) is 8.24. The fourth-order valence-corrected chi connectivity index (χ4v) is 4.51. The van der Waals surface area contributed by atoms with Crippen molar-refractivity contribution < 1.29 is 14.3 Å². The molecule has 5 nitrogen and oxygen atoms in total. The predicted molar refractivity (Wildman–Crippen MR) is 108 cm³/mol. The first-order valence-electron chi connectivity index (χ1n) is 8.74. The number of thioether (sulfide) groups is 1. The van der Waals surface area contributed by atoms with E-state index in [0.29, 0.717) is 15.0 Å². The molecule has 0 radical (unpaired) electrons. The number of likely N-dealkylation sites (tertiary alicyclic amines) is 1. The van der Waals surface area contributed by atoms with E-state index in [1.165, 1.54) is 11.8 Å². The monoisotopic (exact) mass is 390 g/mol. The first-order chi connectivity index (χ1) is 12.5. The minimum Gasteiger partial charge on any atom is -0.483 e. The molecule has 1 aromatic rings. The third kappa shape index (κ3) is 4.10. The molecule has 2 aliphatic rings. The van der Waals surface area contributed by atoms with E-state index in [-0.39, 0.29) is 24.5 Å². The number of rotatable bonds is 5. The van der Waals surface area contributed by atoms with Gasteiger partial charge in [0.15, 0.2) is 6.61 Å². The van der Waals surface area contributed by atoms with E-state index in [4.69, 9.17) is 17.0 Å². The van der Waals surface area contributed by atoms with E-state index in [0.717, 1.165) is 31.5 Å². The standard InChI is InChI=1S/C19H22N2O3S2/c1-13(2)21-18(23)16(26-19(21)25)11-14-7-3-4-8-15(14)24-12-17(22)20-9-5-6-10-20/h3-4,7-8,11,13H,5-6,9-10,12H2,1-2H3/b16-11-. The Bertz CT molecular complexity index is 755. The average molecular weight is 391 g/mol. The van der Waals surface area contributed by atoms with Crippen molar-refractivity contribution in [2.24, 2.45) is 0 Å². The van der Waals surface area contributed by atoms with E-state index < -0.39 is 0 Å². The van der Waals surface area contributed by atoms with Gasteiger partial charge in [-0.05, 0) is 38.8 Å². The molecule has 3 rings (SSSR count).